The molecule has 2 amide bonds. The minimum Gasteiger partial charge on any atom is -0.368 e. The highest BCUT2D eigenvalue weighted by atomic mass is 32.1. The molecule has 2 aliphatic rings. The maximum absolute atomic E-state index is 13.1. The minimum absolute atomic E-state index is 0.137. The second kappa shape index (κ2) is 7.23. The van der Waals surface area contributed by atoms with Gasteiger partial charge in [0.1, 0.15) is 12.4 Å². The Morgan fingerprint density at radius 3 is 2.96 bits per heavy atom. The molecule has 6 nitrogen and oxygen atoms in total. The molecule has 1 aliphatic heterocycles. The molecule has 0 radical (unpaired) electrons. The fraction of sp³-hybridized carbons (Fsp3) is 0.526. The van der Waals surface area contributed by atoms with Crippen molar-refractivity contribution in [2.75, 3.05) is 13.1 Å². The highest BCUT2D eigenvalue weighted by molar-refractivity contribution is 7.12. The highest BCUT2D eigenvalue weighted by Gasteiger charge is 2.30. The van der Waals surface area contributed by atoms with E-state index in [1.54, 1.807) is 23.7 Å². The standard InChI is InChI=1S/C19H24N4O2S/c20-16(24)11-22-9-7-21-18(22)13-5-3-8-23(10-13)19(25)17-15-6-2-1-4-14(15)12-26-17/h7,9,12-13H,1-6,8,10-11H2,(H2,20,24)/t13-/m0/s1. The first-order chi connectivity index (χ1) is 12.6. The Morgan fingerprint density at radius 1 is 1.27 bits per heavy atom. The van der Waals surface area contributed by atoms with E-state index in [9.17, 15) is 9.59 Å². The Morgan fingerprint density at radius 2 is 2.12 bits per heavy atom. The van der Waals surface area contributed by atoms with Crippen LogP contribution in [-0.4, -0.2) is 39.4 Å². The third kappa shape index (κ3) is 3.28. The van der Waals surface area contributed by atoms with Gasteiger partial charge in [0.2, 0.25) is 5.91 Å². The van der Waals surface area contributed by atoms with E-state index in [-0.39, 0.29) is 24.3 Å². The second-order valence-electron chi connectivity index (χ2n) is 7.25. The van der Waals surface area contributed by atoms with Crippen molar-refractivity contribution < 1.29 is 9.59 Å². The number of aryl methyl sites for hydroxylation is 1. The van der Waals surface area contributed by atoms with Crippen LogP contribution >= 0.6 is 11.3 Å². The van der Waals surface area contributed by atoms with Gasteiger partial charge in [-0.15, -0.1) is 11.3 Å². The normalized spacial score (nSPS) is 20.0. The Bertz CT molecular complexity index is 825. The van der Waals surface area contributed by atoms with Gasteiger partial charge in [0.25, 0.3) is 5.91 Å². The summed E-state index contributed by atoms with van der Waals surface area (Å²) < 4.78 is 1.81. The molecule has 7 heteroatoms. The van der Waals surface area contributed by atoms with E-state index in [4.69, 9.17) is 5.73 Å². The van der Waals surface area contributed by atoms with Crippen LogP contribution in [0.25, 0.3) is 0 Å². The molecule has 2 N–H and O–H groups in total. The summed E-state index contributed by atoms with van der Waals surface area (Å²) >= 11 is 1.60. The molecule has 2 aromatic rings. The van der Waals surface area contributed by atoms with Gasteiger partial charge in [-0.2, -0.15) is 0 Å². The number of piperidine rings is 1. The smallest absolute Gasteiger partial charge is 0.264 e. The third-order valence-electron chi connectivity index (χ3n) is 5.45. The summed E-state index contributed by atoms with van der Waals surface area (Å²) in [5.41, 5.74) is 7.99. The van der Waals surface area contributed by atoms with Gasteiger partial charge in [0.05, 0.1) is 4.88 Å². The molecule has 1 atom stereocenters. The first-order valence-electron chi connectivity index (χ1n) is 9.31. The van der Waals surface area contributed by atoms with Crippen molar-refractivity contribution in [1.29, 1.82) is 0 Å². The number of rotatable bonds is 4. The number of thiophene rings is 1. The van der Waals surface area contributed by atoms with Gasteiger partial charge in [0, 0.05) is 31.4 Å². The summed E-state index contributed by atoms with van der Waals surface area (Å²) in [7, 11) is 0. The number of imidazole rings is 1. The molecule has 0 aromatic carbocycles. The number of carbonyl (C=O) groups is 2. The van der Waals surface area contributed by atoms with Crippen molar-refractivity contribution in [3.05, 3.63) is 39.6 Å². The molecular formula is C19H24N4O2S. The van der Waals surface area contributed by atoms with Crippen LogP contribution in [0.4, 0.5) is 0 Å². The lowest BCUT2D eigenvalue weighted by Gasteiger charge is -2.32. The number of primary amides is 1. The van der Waals surface area contributed by atoms with Crippen molar-refractivity contribution in [2.45, 2.75) is 51.0 Å². The second-order valence-corrected chi connectivity index (χ2v) is 8.13. The average molecular weight is 372 g/mol. The van der Waals surface area contributed by atoms with Crippen LogP contribution in [0.2, 0.25) is 0 Å². The number of hydrogen-bond donors (Lipinski definition) is 1. The molecule has 4 rings (SSSR count). The van der Waals surface area contributed by atoms with Crippen molar-refractivity contribution >= 4 is 23.2 Å². The highest BCUT2D eigenvalue weighted by Crippen LogP contribution is 2.33. The number of aromatic nitrogens is 2. The lowest BCUT2D eigenvalue weighted by molar-refractivity contribution is -0.118. The number of carbonyl (C=O) groups excluding carboxylic acids is 2. The number of amides is 2. The van der Waals surface area contributed by atoms with Crippen LogP contribution < -0.4 is 5.73 Å². The van der Waals surface area contributed by atoms with E-state index in [2.05, 4.69) is 10.4 Å². The van der Waals surface area contributed by atoms with Crippen molar-refractivity contribution in [1.82, 2.24) is 14.5 Å². The fourth-order valence-electron chi connectivity index (χ4n) is 4.20. The van der Waals surface area contributed by atoms with E-state index in [1.165, 1.54) is 24.0 Å². The number of hydrogen-bond acceptors (Lipinski definition) is 4. The third-order valence-corrected chi connectivity index (χ3v) is 6.50. The largest absolute Gasteiger partial charge is 0.368 e. The molecule has 2 aromatic heterocycles. The topological polar surface area (TPSA) is 81.2 Å². The molecule has 1 aliphatic carbocycles. The predicted octanol–water partition coefficient (Wildman–Crippen LogP) is 2.33. The first-order valence-corrected chi connectivity index (χ1v) is 10.2. The lowest BCUT2D eigenvalue weighted by atomic mass is 9.93. The summed E-state index contributed by atoms with van der Waals surface area (Å²) in [4.78, 5) is 31.8. The van der Waals surface area contributed by atoms with Crippen LogP contribution in [0.5, 0.6) is 0 Å². The molecule has 138 valence electrons. The van der Waals surface area contributed by atoms with E-state index in [0.717, 1.165) is 42.9 Å². The number of nitrogens with zero attached hydrogens (tertiary/aromatic N) is 3. The molecule has 0 unspecified atom stereocenters. The molecule has 1 fully saturated rings. The van der Waals surface area contributed by atoms with Gasteiger partial charge in [-0.25, -0.2) is 4.98 Å². The van der Waals surface area contributed by atoms with Gasteiger partial charge >= 0.3 is 0 Å². The zero-order valence-electron chi connectivity index (χ0n) is 14.8. The Labute approximate surface area is 157 Å². The maximum Gasteiger partial charge on any atom is 0.264 e. The summed E-state index contributed by atoms with van der Waals surface area (Å²) in [6.45, 7) is 1.58. The summed E-state index contributed by atoms with van der Waals surface area (Å²) in [6.07, 6.45) is 9.95. The first kappa shape index (κ1) is 17.3. The minimum atomic E-state index is -0.377. The molecule has 1 saturated heterocycles. The molecule has 0 spiro atoms. The van der Waals surface area contributed by atoms with E-state index >= 15 is 0 Å². The maximum atomic E-state index is 13.1. The van der Waals surface area contributed by atoms with Crippen LogP contribution in [0.15, 0.2) is 17.8 Å². The monoisotopic (exact) mass is 372 g/mol. The molecule has 3 heterocycles. The Hall–Kier alpha value is -2.15. The van der Waals surface area contributed by atoms with E-state index in [1.807, 2.05) is 9.47 Å². The lowest BCUT2D eigenvalue weighted by Crippen LogP contribution is -2.40. The molecule has 0 saturated carbocycles. The van der Waals surface area contributed by atoms with Gasteiger partial charge in [0.15, 0.2) is 0 Å². The zero-order chi connectivity index (χ0) is 18.1. The zero-order valence-corrected chi connectivity index (χ0v) is 15.6. The number of fused-ring (bicyclic) bond motifs is 1. The van der Waals surface area contributed by atoms with Gasteiger partial charge in [-0.3, -0.25) is 9.59 Å². The fourth-order valence-corrected chi connectivity index (χ4v) is 5.32. The van der Waals surface area contributed by atoms with Crippen molar-refractivity contribution in [3.8, 4) is 0 Å². The number of nitrogens with two attached hydrogens (primary N) is 1. The average Bonchev–Trinajstić information content (AvgIpc) is 3.27. The Balaban J connectivity index is 1.52. The van der Waals surface area contributed by atoms with Crippen molar-refractivity contribution in [3.63, 3.8) is 0 Å². The van der Waals surface area contributed by atoms with E-state index in [0.29, 0.717) is 6.54 Å². The van der Waals surface area contributed by atoms with Gasteiger partial charge in [-0.05, 0) is 55.0 Å². The van der Waals surface area contributed by atoms with E-state index < -0.39 is 0 Å². The number of likely N-dealkylation sites (tertiary alicyclic amines) is 1. The van der Waals surface area contributed by atoms with Crippen LogP contribution in [0.3, 0.4) is 0 Å². The summed E-state index contributed by atoms with van der Waals surface area (Å²) in [5.74, 6) is 0.793. The molecule has 0 bridgehead atoms. The predicted molar refractivity (Wildman–Crippen MR) is 100 cm³/mol. The summed E-state index contributed by atoms with van der Waals surface area (Å²) in [5, 5.41) is 2.17. The molecular weight excluding hydrogens is 348 g/mol. The van der Waals surface area contributed by atoms with Crippen molar-refractivity contribution in [2.24, 2.45) is 5.73 Å². The molecule has 26 heavy (non-hydrogen) atoms. The quantitative estimate of drug-likeness (QED) is 0.894. The van der Waals surface area contributed by atoms with Gasteiger partial charge in [-0.1, -0.05) is 0 Å². The Kier molecular flexibility index (Phi) is 4.80. The SMILES string of the molecule is NC(=O)Cn1ccnc1[C@H]1CCCN(C(=O)c2scc3c2CCCC3)C1. The van der Waals surface area contributed by atoms with Crippen LogP contribution in [0, 0.1) is 0 Å². The van der Waals surface area contributed by atoms with Crippen LogP contribution in [-0.2, 0) is 24.2 Å². The van der Waals surface area contributed by atoms with Crippen LogP contribution in [0.1, 0.15) is 58.2 Å². The van der Waals surface area contributed by atoms with Gasteiger partial charge < -0.3 is 15.2 Å². The summed E-state index contributed by atoms with van der Waals surface area (Å²) in [6, 6.07) is 0.